The number of nitrogens with one attached hydrogen (secondary N) is 1. The Morgan fingerprint density at radius 1 is 1.47 bits per heavy atom. The van der Waals surface area contributed by atoms with Crippen molar-refractivity contribution in [3.8, 4) is 0 Å². The van der Waals surface area contributed by atoms with Crippen LogP contribution in [0.4, 0.5) is 0 Å². The van der Waals surface area contributed by atoms with Crippen LogP contribution in [-0.4, -0.2) is 31.0 Å². The van der Waals surface area contributed by atoms with Crippen molar-refractivity contribution >= 4 is 33.2 Å². The van der Waals surface area contributed by atoms with Gasteiger partial charge in [-0.15, -0.1) is 11.3 Å². The Kier molecular flexibility index (Phi) is 7.48. The summed E-state index contributed by atoms with van der Waals surface area (Å²) >= 11 is 4.85. The highest BCUT2D eigenvalue weighted by atomic mass is 79.9. The van der Waals surface area contributed by atoms with E-state index in [9.17, 15) is 4.79 Å². The molecular formula is C12H18BrNO2S. The molecule has 1 aromatic heterocycles. The molecule has 1 N–H and O–H groups in total. The smallest absolute Gasteiger partial charge is 0.261 e. The average molecular weight is 320 g/mol. The van der Waals surface area contributed by atoms with Gasteiger partial charge in [0.1, 0.15) is 0 Å². The van der Waals surface area contributed by atoms with E-state index in [4.69, 9.17) is 4.74 Å². The van der Waals surface area contributed by atoms with Crippen molar-refractivity contribution in [2.75, 3.05) is 25.1 Å². The summed E-state index contributed by atoms with van der Waals surface area (Å²) in [7, 11) is 0. The van der Waals surface area contributed by atoms with E-state index in [2.05, 4.69) is 28.2 Å². The first-order chi connectivity index (χ1) is 8.27. The van der Waals surface area contributed by atoms with Crippen LogP contribution in [-0.2, 0) is 11.2 Å². The molecule has 96 valence electrons. The highest BCUT2D eigenvalue weighted by molar-refractivity contribution is 9.09. The van der Waals surface area contributed by atoms with Crippen LogP contribution in [0.25, 0.3) is 0 Å². The predicted octanol–water partition coefficient (Wildman–Crippen LogP) is 2.84. The molecule has 0 unspecified atom stereocenters. The average Bonchev–Trinajstić information content (AvgIpc) is 2.82. The number of rotatable bonds is 8. The molecule has 1 heterocycles. The molecule has 0 aliphatic carbocycles. The third kappa shape index (κ3) is 5.66. The van der Waals surface area contributed by atoms with Gasteiger partial charge in [0.2, 0.25) is 0 Å². The summed E-state index contributed by atoms with van der Waals surface area (Å²) < 4.78 is 5.30. The maximum absolute atomic E-state index is 11.7. The molecular weight excluding hydrogens is 302 g/mol. The van der Waals surface area contributed by atoms with Crippen molar-refractivity contribution in [2.45, 2.75) is 19.8 Å². The van der Waals surface area contributed by atoms with Crippen molar-refractivity contribution in [1.82, 2.24) is 5.32 Å². The molecule has 0 atom stereocenters. The number of halogens is 1. The zero-order valence-electron chi connectivity index (χ0n) is 10.0. The van der Waals surface area contributed by atoms with E-state index < -0.39 is 0 Å². The quantitative estimate of drug-likeness (QED) is 0.591. The number of carbonyl (C=O) groups is 1. The molecule has 0 saturated carbocycles. The Labute approximate surface area is 115 Å². The summed E-state index contributed by atoms with van der Waals surface area (Å²) in [5.41, 5.74) is 0. The van der Waals surface area contributed by atoms with E-state index in [1.807, 2.05) is 12.1 Å². The summed E-state index contributed by atoms with van der Waals surface area (Å²) in [5, 5.41) is 3.75. The van der Waals surface area contributed by atoms with E-state index >= 15 is 0 Å². The second-order valence-electron chi connectivity index (χ2n) is 3.53. The van der Waals surface area contributed by atoms with Crippen LogP contribution in [0.1, 0.15) is 27.9 Å². The molecule has 0 aromatic carbocycles. The Morgan fingerprint density at radius 2 is 2.29 bits per heavy atom. The molecule has 1 aromatic rings. The van der Waals surface area contributed by atoms with Gasteiger partial charge in [0.05, 0.1) is 11.5 Å². The maximum atomic E-state index is 11.7. The lowest BCUT2D eigenvalue weighted by molar-refractivity contribution is 0.0948. The molecule has 0 saturated heterocycles. The molecule has 0 bridgehead atoms. The van der Waals surface area contributed by atoms with Gasteiger partial charge in [-0.2, -0.15) is 0 Å². The summed E-state index contributed by atoms with van der Waals surface area (Å²) in [6, 6.07) is 3.90. The summed E-state index contributed by atoms with van der Waals surface area (Å²) in [4.78, 5) is 13.8. The molecule has 0 aliphatic heterocycles. The molecule has 17 heavy (non-hydrogen) atoms. The number of carbonyl (C=O) groups excluding carboxylic acids is 1. The molecule has 1 rings (SSSR count). The van der Waals surface area contributed by atoms with Crippen LogP contribution >= 0.6 is 27.3 Å². The molecule has 0 spiro atoms. The van der Waals surface area contributed by atoms with Gasteiger partial charge in [-0.1, -0.05) is 22.9 Å². The standard InChI is InChI=1S/C12H18BrNO2S/c1-2-10-4-5-11(17-10)12(15)14-7-3-8-16-9-6-13/h4-5H,2-3,6-9H2,1H3,(H,14,15). The number of aryl methyl sites for hydroxylation is 1. The fourth-order valence-corrected chi connectivity index (χ4v) is 2.40. The summed E-state index contributed by atoms with van der Waals surface area (Å²) in [6.45, 7) is 4.17. The van der Waals surface area contributed by atoms with Gasteiger partial charge in [-0.3, -0.25) is 4.79 Å². The monoisotopic (exact) mass is 319 g/mol. The number of ether oxygens (including phenoxy) is 1. The SMILES string of the molecule is CCc1ccc(C(=O)NCCCOCCBr)s1. The summed E-state index contributed by atoms with van der Waals surface area (Å²) in [5.74, 6) is 0.0233. The zero-order chi connectivity index (χ0) is 12.5. The lowest BCUT2D eigenvalue weighted by Crippen LogP contribution is -2.24. The second-order valence-corrected chi connectivity index (χ2v) is 5.49. The predicted molar refractivity (Wildman–Crippen MR) is 75.3 cm³/mol. The first-order valence-corrected chi connectivity index (χ1v) is 7.72. The van der Waals surface area contributed by atoms with E-state index in [0.29, 0.717) is 13.2 Å². The zero-order valence-corrected chi connectivity index (χ0v) is 12.4. The number of hydrogen-bond donors (Lipinski definition) is 1. The van der Waals surface area contributed by atoms with Crippen LogP contribution in [0.5, 0.6) is 0 Å². The lowest BCUT2D eigenvalue weighted by atomic mass is 10.3. The highest BCUT2D eigenvalue weighted by Gasteiger charge is 2.07. The highest BCUT2D eigenvalue weighted by Crippen LogP contribution is 2.16. The van der Waals surface area contributed by atoms with Crippen molar-refractivity contribution < 1.29 is 9.53 Å². The molecule has 0 radical (unpaired) electrons. The van der Waals surface area contributed by atoms with Gasteiger partial charge in [0, 0.05) is 23.4 Å². The Balaban J connectivity index is 2.16. The van der Waals surface area contributed by atoms with Gasteiger partial charge < -0.3 is 10.1 Å². The number of alkyl halides is 1. The fraction of sp³-hybridized carbons (Fsp3) is 0.583. The fourth-order valence-electron chi connectivity index (χ4n) is 1.31. The van der Waals surface area contributed by atoms with Crippen molar-refractivity contribution in [2.24, 2.45) is 0 Å². The Morgan fingerprint density at radius 3 is 2.94 bits per heavy atom. The van der Waals surface area contributed by atoms with Gasteiger partial charge in [0.15, 0.2) is 0 Å². The van der Waals surface area contributed by atoms with E-state index in [-0.39, 0.29) is 5.91 Å². The summed E-state index contributed by atoms with van der Waals surface area (Å²) in [6.07, 6.45) is 1.84. The molecule has 5 heteroatoms. The minimum absolute atomic E-state index is 0.0233. The molecule has 0 fully saturated rings. The Bertz CT molecular complexity index is 341. The van der Waals surface area contributed by atoms with E-state index in [1.165, 1.54) is 4.88 Å². The number of hydrogen-bond acceptors (Lipinski definition) is 3. The lowest BCUT2D eigenvalue weighted by Gasteiger charge is -2.04. The Hall–Kier alpha value is -0.390. The van der Waals surface area contributed by atoms with Crippen LogP contribution in [0.15, 0.2) is 12.1 Å². The second kappa shape index (κ2) is 8.66. The maximum Gasteiger partial charge on any atom is 0.261 e. The van der Waals surface area contributed by atoms with Crippen LogP contribution in [0, 0.1) is 0 Å². The first kappa shape index (κ1) is 14.7. The number of thiophene rings is 1. The topological polar surface area (TPSA) is 38.3 Å². The van der Waals surface area contributed by atoms with Crippen molar-refractivity contribution in [1.29, 1.82) is 0 Å². The van der Waals surface area contributed by atoms with Crippen LogP contribution in [0.3, 0.4) is 0 Å². The molecule has 0 aliphatic rings. The first-order valence-electron chi connectivity index (χ1n) is 5.78. The van der Waals surface area contributed by atoms with E-state index in [0.717, 1.165) is 29.7 Å². The van der Waals surface area contributed by atoms with E-state index in [1.54, 1.807) is 11.3 Å². The van der Waals surface area contributed by atoms with Crippen LogP contribution in [0.2, 0.25) is 0 Å². The molecule has 1 amide bonds. The normalized spacial score (nSPS) is 10.5. The van der Waals surface area contributed by atoms with Gasteiger partial charge in [-0.05, 0) is 25.0 Å². The van der Waals surface area contributed by atoms with Gasteiger partial charge in [-0.25, -0.2) is 0 Å². The van der Waals surface area contributed by atoms with Gasteiger partial charge in [0.25, 0.3) is 5.91 Å². The minimum atomic E-state index is 0.0233. The van der Waals surface area contributed by atoms with Crippen LogP contribution < -0.4 is 5.32 Å². The largest absolute Gasteiger partial charge is 0.381 e. The van der Waals surface area contributed by atoms with Crippen molar-refractivity contribution in [3.63, 3.8) is 0 Å². The van der Waals surface area contributed by atoms with Gasteiger partial charge >= 0.3 is 0 Å². The third-order valence-electron chi connectivity index (χ3n) is 2.21. The minimum Gasteiger partial charge on any atom is -0.381 e. The number of amides is 1. The molecule has 3 nitrogen and oxygen atoms in total. The third-order valence-corrected chi connectivity index (χ3v) is 3.76. The van der Waals surface area contributed by atoms with Crippen molar-refractivity contribution in [3.05, 3.63) is 21.9 Å².